The van der Waals surface area contributed by atoms with E-state index >= 15 is 0 Å². The van der Waals surface area contributed by atoms with Crippen LogP contribution in [-0.2, 0) is 6.54 Å². The second kappa shape index (κ2) is 17.6. The van der Waals surface area contributed by atoms with Gasteiger partial charge in [0.1, 0.15) is 4.88 Å². The zero-order chi connectivity index (χ0) is 35.8. The number of thiophene rings is 1. The summed E-state index contributed by atoms with van der Waals surface area (Å²) in [5.41, 5.74) is 9.53. The molecule has 2 fully saturated rings. The number of aromatic carboxylic acids is 1. The number of aromatic nitrogens is 2. The number of nitrogens with zero attached hydrogens (tertiary/aromatic N) is 4. The maximum atomic E-state index is 11.9. The molecule has 0 unspecified atom stereocenters. The lowest BCUT2D eigenvalue weighted by Gasteiger charge is -2.30. The van der Waals surface area contributed by atoms with Gasteiger partial charge in [0.2, 0.25) is 0 Å². The first-order valence-corrected chi connectivity index (χ1v) is 19.5. The van der Waals surface area contributed by atoms with E-state index in [9.17, 15) is 9.90 Å². The summed E-state index contributed by atoms with van der Waals surface area (Å²) in [7, 11) is 0. The van der Waals surface area contributed by atoms with Crippen LogP contribution in [0.3, 0.4) is 0 Å². The van der Waals surface area contributed by atoms with Gasteiger partial charge in [0.15, 0.2) is 0 Å². The summed E-state index contributed by atoms with van der Waals surface area (Å²) < 4.78 is 3.54. The van der Waals surface area contributed by atoms with Gasteiger partial charge in [-0.2, -0.15) is 0 Å². The highest BCUT2D eigenvalue weighted by Gasteiger charge is 2.29. The van der Waals surface area contributed by atoms with Crippen molar-refractivity contribution >= 4 is 44.1 Å². The number of aliphatic imine (C=N–C) groups is 1. The number of piperidine rings is 1. The number of likely N-dealkylation sites (tertiary alicyclic amines) is 1. The topological polar surface area (TPSA) is 90.9 Å². The molecular weight excluding hydrogens is 641 g/mol. The number of carboxylic acids is 1. The maximum Gasteiger partial charge on any atom is 0.345 e. The lowest BCUT2D eigenvalue weighted by Crippen LogP contribution is -2.35. The van der Waals surface area contributed by atoms with Crippen LogP contribution in [0, 0.1) is 12.8 Å². The second-order valence-electron chi connectivity index (χ2n) is 14.1. The minimum Gasteiger partial charge on any atom is -0.477 e. The summed E-state index contributed by atoms with van der Waals surface area (Å²) in [5.74, 6) is 0.195. The summed E-state index contributed by atoms with van der Waals surface area (Å²) >= 11 is 1.45. The van der Waals surface area contributed by atoms with E-state index in [0.717, 1.165) is 63.9 Å². The van der Waals surface area contributed by atoms with E-state index < -0.39 is 5.97 Å². The Hall–Kier alpha value is -3.59. The molecule has 4 aromatic rings. The number of aryl methyl sites for hydroxylation is 2. The zero-order valence-corrected chi connectivity index (χ0v) is 31.6. The minimum atomic E-state index is -0.841. The Kier molecular flexibility index (Phi) is 13.2. The molecule has 4 heterocycles. The molecule has 6 rings (SSSR count). The molecule has 0 spiro atoms. The lowest BCUT2D eigenvalue weighted by molar-refractivity contribution is 0.0702. The number of aliphatic hydroxyl groups is 1. The van der Waals surface area contributed by atoms with Crippen molar-refractivity contribution in [3.8, 4) is 11.3 Å². The summed E-state index contributed by atoms with van der Waals surface area (Å²) in [6, 6.07) is 10.4. The van der Waals surface area contributed by atoms with Crippen LogP contribution in [0.25, 0.3) is 32.4 Å². The number of hydrogen-bond donors (Lipinski definition) is 2. The minimum absolute atomic E-state index is 0.389. The van der Waals surface area contributed by atoms with Gasteiger partial charge < -0.3 is 19.7 Å². The van der Waals surface area contributed by atoms with Crippen LogP contribution in [0.1, 0.15) is 118 Å². The first-order chi connectivity index (χ1) is 24.2. The van der Waals surface area contributed by atoms with Gasteiger partial charge in [-0.15, -0.1) is 11.3 Å². The third-order valence-corrected chi connectivity index (χ3v) is 11.5. The van der Waals surface area contributed by atoms with Crippen LogP contribution in [0.5, 0.6) is 0 Å². The Labute approximate surface area is 302 Å². The molecule has 1 saturated carbocycles. The van der Waals surface area contributed by atoms with E-state index in [1.807, 2.05) is 32.1 Å². The molecule has 1 aliphatic carbocycles. The standard InChI is InChI=1S/C33H37N3O2S.C9H19NO/c1-6-17-34-30(20(3)4)26-16-13-23-21(5)24(14-15-25(23)35-26)31-29(22-11-9-8-10-12-22)32-27(36(31)18-7-2)19-28(39-32)33(37)38;1-2-5-10-6-3-9(8-11)4-7-10/h6,13-17,19,22H,3,7-12,18H2,1-2,4-5H3,(H,37,38);9,11H,2-8H2,1H3/b17-6-,34-30?;. The van der Waals surface area contributed by atoms with E-state index in [0.29, 0.717) is 23.3 Å². The zero-order valence-electron chi connectivity index (χ0n) is 30.8. The van der Waals surface area contributed by atoms with Crippen LogP contribution in [0.4, 0.5) is 0 Å². The molecule has 8 heteroatoms. The monoisotopic (exact) mass is 696 g/mol. The Morgan fingerprint density at radius 2 is 1.78 bits per heavy atom. The summed E-state index contributed by atoms with van der Waals surface area (Å²) in [5, 5.41) is 19.8. The first-order valence-electron chi connectivity index (χ1n) is 18.7. The van der Waals surface area contributed by atoms with Crippen molar-refractivity contribution in [3.63, 3.8) is 0 Å². The van der Waals surface area contributed by atoms with Gasteiger partial charge in [-0.05, 0) is 126 Å². The van der Waals surface area contributed by atoms with E-state index in [2.05, 4.69) is 60.0 Å². The lowest BCUT2D eigenvalue weighted by atomic mass is 9.82. The fraction of sp³-hybridized carbons (Fsp3) is 0.500. The van der Waals surface area contributed by atoms with E-state index in [1.54, 1.807) is 6.20 Å². The Morgan fingerprint density at radius 1 is 1.06 bits per heavy atom. The number of aliphatic hydroxyl groups excluding tert-OH is 1. The van der Waals surface area contributed by atoms with Crippen molar-refractivity contribution in [1.29, 1.82) is 0 Å². The van der Waals surface area contributed by atoms with Crippen LogP contribution in [0.2, 0.25) is 0 Å². The molecule has 0 radical (unpaired) electrons. The number of carboxylic acid groups (broad SMARTS) is 1. The molecule has 0 amide bonds. The first kappa shape index (κ1) is 37.7. The van der Waals surface area contributed by atoms with Gasteiger partial charge in [0, 0.05) is 30.3 Å². The van der Waals surface area contributed by atoms with Crippen molar-refractivity contribution < 1.29 is 15.0 Å². The van der Waals surface area contributed by atoms with Crippen LogP contribution in [0.15, 0.2) is 59.8 Å². The Morgan fingerprint density at radius 3 is 2.40 bits per heavy atom. The molecule has 0 bridgehead atoms. The second-order valence-corrected chi connectivity index (χ2v) is 15.1. The number of allylic oxidation sites excluding steroid dienone is 2. The highest BCUT2D eigenvalue weighted by Crippen LogP contribution is 2.48. The number of carbonyl (C=O) groups is 1. The predicted octanol–water partition coefficient (Wildman–Crippen LogP) is 10.4. The summed E-state index contributed by atoms with van der Waals surface area (Å²) in [6.45, 7) is 19.5. The normalized spacial score (nSPS) is 16.7. The van der Waals surface area contributed by atoms with E-state index in [-0.39, 0.29) is 0 Å². The molecule has 50 heavy (non-hydrogen) atoms. The smallest absolute Gasteiger partial charge is 0.345 e. The summed E-state index contributed by atoms with van der Waals surface area (Å²) in [6.07, 6.45) is 14.3. The average molecular weight is 697 g/mol. The van der Waals surface area contributed by atoms with Crippen molar-refractivity contribution in [2.75, 3.05) is 26.2 Å². The molecule has 268 valence electrons. The molecule has 3 aromatic heterocycles. The maximum absolute atomic E-state index is 11.9. The van der Waals surface area contributed by atoms with Gasteiger partial charge in [0.25, 0.3) is 0 Å². The van der Waals surface area contributed by atoms with Crippen LogP contribution < -0.4 is 0 Å². The van der Waals surface area contributed by atoms with Gasteiger partial charge in [-0.1, -0.05) is 57.9 Å². The number of rotatable bonds is 11. The quantitative estimate of drug-likeness (QED) is 0.152. The van der Waals surface area contributed by atoms with Crippen LogP contribution >= 0.6 is 11.3 Å². The van der Waals surface area contributed by atoms with E-state index in [1.165, 1.54) is 91.9 Å². The number of hydrogen-bond acceptors (Lipinski definition) is 6. The van der Waals surface area contributed by atoms with Crippen LogP contribution in [-0.4, -0.2) is 62.6 Å². The molecule has 1 aliphatic heterocycles. The highest BCUT2D eigenvalue weighted by atomic mass is 32.1. The van der Waals surface area contributed by atoms with Crippen molar-refractivity contribution in [2.24, 2.45) is 10.9 Å². The number of pyridine rings is 1. The SMILES string of the molecule is C=C(C)C(=N/C=C\C)c1ccc2c(C)c(-c3c(C4CCCCC4)c4sc(C(=O)O)cc4n3CCC)ccc2n1.CCCN1CCC(CO)CC1. The Bertz CT molecular complexity index is 1850. The molecule has 2 N–H and O–H groups in total. The fourth-order valence-electron chi connectivity index (χ4n) is 7.76. The number of fused-ring (bicyclic) bond motifs is 2. The van der Waals surface area contributed by atoms with Gasteiger partial charge in [-0.3, -0.25) is 4.99 Å². The Balaban J connectivity index is 0.000000377. The summed E-state index contributed by atoms with van der Waals surface area (Å²) in [4.78, 5) is 24.4. The van der Waals surface area contributed by atoms with Gasteiger partial charge >= 0.3 is 5.97 Å². The van der Waals surface area contributed by atoms with Gasteiger partial charge in [0.05, 0.1) is 32.8 Å². The molecule has 0 atom stereocenters. The highest BCUT2D eigenvalue weighted by molar-refractivity contribution is 7.21. The number of benzene rings is 1. The molecule has 2 aliphatic rings. The van der Waals surface area contributed by atoms with Crippen molar-refractivity contribution in [1.82, 2.24) is 14.5 Å². The largest absolute Gasteiger partial charge is 0.477 e. The van der Waals surface area contributed by atoms with Gasteiger partial charge in [-0.25, -0.2) is 9.78 Å². The van der Waals surface area contributed by atoms with Crippen molar-refractivity contribution in [2.45, 2.75) is 105 Å². The van der Waals surface area contributed by atoms with Crippen molar-refractivity contribution in [3.05, 3.63) is 76.5 Å². The molecule has 7 nitrogen and oxygen atoms in total. The third kappa shape index (κ3) is 8.30. The molecule has 1 aromatic carbocycles. The molecular formula is C42H56N4O3S. The predicted molar refractivity (Wildman–Crippen MR) is 211 cm³/mol. The van der Waals surface area contributed by atoms with E-state index in [4.69, 9.17) is 10.1 Å². The molecule has 1 saturated heterocycles. The average Bonchev–Trinajstić information content (AvgIpc) is 3.68. The third-order valence-electron chi connectivity index (χ3n) is 10.3. The fourth-order valence-corrected chi connectivity index (χ4v) is 8.89.